The third-order valence-corrected chi connectivity index (χ3v) is 5.58. The second kappa shape index (κ2) is 7.33. The molecule has 1 amide bonds. The molecule has 1 atom stereocenters. The highest BCUT2D eigenvalue weighted by molar-refractivity contribution is 7.18. The summed E-state index contributed by atoms with van der Waals surface area (Å²) in [5, 5.41) is 7.40. The largest absolute Gasteiger partial charge is 0.325 e. The quantitative estimate of drug-likeness (QED) is 0.748. The number of benzene rings is 2. The molecule has 0 bridgehead atoms. The fourth-order valence-corrected chi connectivity index (χ4v) is 4.18. The minimum atomic E-state index is -0.0591. The number of piperidine rings is 1. The van der Waals surface area contributed by atoms with E-state index in [-0.39, 0.29) is 11.9 Å². The number of hydrogen-bond acceptors (Lipinski definition) is 4. The Morgan fingerprint density at radius 3 is 2.76 bits per heavy atom. The minimum Gasteiger partial charge on any atom is -0.325 e. The molecule has 0 aliphatic carbocycles. The summed E-state index contributed by atoms with van der Waals surface area (Å²) in [5.41, 5.74) is 3.12. The van der Waals surface area contributed by atoms with Gasteiger partial charge in [-0.3, -0.25) is 4.79 Å². The van der Waals surface area contributed by atoms with Gasteiger partial charge in [0.1, 0.15) is 0 Å². The lowest BCUT2D eigenvalue weighted by molar-refractivity contribution is -0.118. The lowest BCUT2D eigenvalue weighted by Crippen LogP contribution is -2.43. The van der Waals surface area contributed by atoms with Crippen LogP contribution in [0.3, 0.4) is 0 Å². The molecule has 1 unspecified atom stereocenters. The molecule has 4 nitrogen and oxygen atoms in total. The van der Waals surface area contributed by atoms with Crippen LogP contribution >= 0.6 is 11.3 Å². The Balaban J connectivity index is 1.40. The summed E-state index contributed by atoms with van der Waals surface area (Å²) in [4.78, 5) is 16.9. The van der Waals surface area contributed by atoms with Crippen molar-refractivity contribution < 1.29 is 4.79 Å². The molecular formula is C20H21N3OS. The van der Waals surface area contributed by atoms with Gasteiger partial charge in [-0.2, -0.15) is 0 Å². The smallest absolute Gasteiger partial charge is 0.241 e. The van der Waals surface area contributed by atoms with Crippen molar-refractivity contribution in [2.24, 2.45) is 0 Å². The zero-order chi connectivity index (χ0) is 17.1. The van der Waals surface area contributed by atoms with E-state index in [1.807, 2.05) is 30.3 Å². The Morgan fingerprint density at radius 1 is 1.16 bits per heavy atom. The standard InChI is InChI=1S/C20H21N3OS/c24-20(17-6-3-4-12-21-17)22-15-10-8-14(9-11-15)13-19-23-16-5-1-2-7-18(16)25-19/h1-2,5,7-11,17,21H,3-4,6,12-13H2,(H,22,24). The second-order valence-corrected chi connectivity index (χ2v) is 7.56. The number of hydrogen-bond donors (Lipinski definition) is 2. The number of carbonyl (C=O) groups is 1. The Morgan fingerprint density at radius 2 is 2.00 bits per heavy atom. The van der Waals surface area contributed by atoms with Gasteiger partial charge in [-0.05, 0) is 49.2 Å². The van der Waals surface area contributed by atoms with Gasteiger partial charge in [0, 0.05) is 12.1 Å². The van der Waals surface area contributed by atoms with Gasteiger partial charge in [-0.1, -0.05) is 30.7 Å². The average molecular weight is 351 g/mol. The number of nitrogens with zero attached hydrogens (tertiary/aromatic N) is 1. The van der Waals surface area contributed by atoms with E-state index in [4.69, 9.17) is 0 Å². The van der Waals surface area contributed by atoms with Crippen molar-refractivity contribution >= 4 is 33.1 Å². The third kappa shape index (κ3) is 3.89. The van der Waals surface area contributed by atoms with Crippen LogP contribution in [0.2, 0.25) is 0 Å². The number of fused-ring (bicyclic) bond motifs is 1. The van der Waals surface area contributed by atoms with E-state index < -0.39 is 0 Å². The first kappa shape index (κ1) is 16.2. The molecule has 1 fully saturated rings. The number of amides is 1. The number of carbonyl (C=O) groups excluding carboxylic acids is 1. The van der Waals surface area contributed by atoms with Crippen molar-refractivity contribution in [3.8, 4) is 0 Å². The number of anilines is 1. The number of para-hydroxylation sites is 1. The maximum absolute atomic E-state index is 12.3. The molecule has 128 valence electrons. The summed E-state index contributed by atoms with van der Waals surface area (Å²) in [6, 6.07) is 16.2. The van der Waals surface area contributed by atoms with E-state index in [9.17, 15) is 4.79 Å². The van der Waals surface area contributed by atoms with Gasteiger partial charge in [0.25, 0.3) is 0 Å². The Hall–Kier alpha value is -2.24. The predicted molar refractivity (Wildman–Crippen MR) is 103 cm³/mol. The molecule has 0 saturated carbocycles. The van der Waals surface area contributed by atoms with Crippen molar-refractivity contribution in [3.05, 3.63) is 59.1 Å². The van der Waals surface area contributed by atoms with Gasteiger partial charge in [0.15, 0.2) is 0 Å². The molecule has 1 saturated heterocycles. The summed E-state index contributed by atoms with van der Waals surface area (Å²) in [6.45, 7) is 0.930. The average Bonchev–Trinajstić information content (AvgIpc) is 3.06. The van der Waals surface area contributed by atoms with Gasteiger partial charge < -0.3 is 10.6 Å². The normalized spacial score (nSPS) is 17.5. The first-order valence-electron chi connectivity index (χ1n) is 8.75. The minimum absolute atomic E-state index is 0.0591. The molecule has 1 aliphatic heterocycles. The van der Waals surface area contributed by atoms with Gasteiger partial charge in [-0.15, -0.1) is 11.3 Å². The molecule has 25 heavy (non-hydrogen) atoms. The van der Waals surface area contributed by atoms with E-state index >= 15 is 0 Å². The maximum atomic E-state index is 12.3. The number of aromatic nitrogens is 1. The van der Waals surface area contributed by atoms with Gasteiger partial charge in [0.05, 0.1) is 21.3 Å². The van der Waals surface area contributed by atoms with Crippen LogP contribution in [-0.4, -0.2) is 23.5 Å². The summed E-state index contributed by atoms with van der Waals surface area (Å²) in [6.07, 6.45) is 4.01. The molecule has 2 aromatic carbocycles. The van der Waals surface area contributed by atoms with E-state index in [0.717, 1.165) is 48.4 Å². The van der Waals surface area contributed by atoms with E-state index in [1.165, 1.54) is 10.3 Å². The van der Waals surface area contributed by atoms with Gasteiger partial charge in [0.2, 0.25) is 5.91 Å². The summed E-state index contributed by atoms with van der Waals surface area (Å²) >= 11 is 1.74. The van der Waals surface area contributed by atoms with Crippen LogP contribution in [0.4, 0.5) is 5.69 Å². The summed E-state index contributed by atoms with van der Waals surface area (Å²) in [7, 11) is 0. The molecule has 1 aromatic heterocycles. The maximum Gasteiger partial charge on any atom is 0.241 e. The Bertz CT molecular complexity index is 833. The SMILES string of the molecule is O=C(Nc1ccc(Cc2nc3ccccc3s2)cc1)C1CCCCN1. The third-order valence-electron chi connectivity index (χ3n) is 4.54. The van der Waals surface area contributed by atoms with Crippen LogP contribution in [0.15, 0.2) is 48.5 Å². The second-order valence-electron chi connectivity index (χ2n) is 6.44. The molecule has 2 N–H and O–H groups in total. The van der Waals surface area contributed by atoms with E-state index in [0.29, 0.717) is 0 Å². The van der Waals surface area contributed by atoms with Crippen molar-refractivity contribution in [1.82, 2.24) is 10.3 Å². The summed E-state index contributed by atoms with van der Waals surface area (Å²) < 4.78 is 1.22. The van der Waals surface area contributed by atoms with E-state index in [2.05, 4.69) is 33.8 Å². The zero-order valence-electron chi connectivity index (χ0n) is 14.0. The molecule has 0 spiro atoms. The van der Waals surface area contributed by atoms with Crippen molar-refractivity contribution in [2.45, 2.75) is 31.7 Å². The van der Waals surface area contributed by atoms with Crippen LogP contribution < -0.4 is 10.6 Å². The topological polar surface area (TPSA) is 54.0 Å². The van der Waals surface area contributed by atoms with Gasteiger partial charge in [-0.25, -0.2) is 4.98 Å². The van der Waals surface area contributed by atoms with Crippen molar-refractivity contribution in [1.29, 1.82) is 0 Å². The van der Waals surface area contributed by atoms with Crippen molar-refractivity contribution in [3.63, 3.8) is 0 Å². The summed E-state index contributed by atoms with van der Waals surface area (Å²) in [5.74, 6) is 0.0682. The molecule has 0 radical (unpaired) electrons. The Kier molecular flexibility index (Phi) is 4.76. The molecule has 5 heteroatoms. The van der Waals surface area contributed by atoms with E-state index in [1.54, 1.807) is 11.3 Å². The fraction of sp³-hybridized carbons (Fsp3) is 0.300. The first-order chi connectivity index (χ1) is 12.3. The zero-order valence-corrected chi connectivity index (χ0v) is 14.8. The highest BCUT2D eigenvalue weighted by Crippen LogP contribution is 2.24. The lowest BCUT2D eigenvalue weighted by atomic mass is 10.0. The first-order valence-corrected chi connectivity index (χ1v) is 9.57. The number of thiazole rings is 1. The monoisotopic (exact) mass is 351 g/mol. The van der Waals surface area contributed by atoms with Crippen LogP contribution in [-0.2, 0) is 11.2 Å². The molecule has 4 rings (SSSR count). The fourth-order valence-electron chi connectivity index (χ4n) is 3.18. The van der Waals surface area contributed by atoms with Crippen LogP contribution in [0.5, 0.6) is 0 Å². The highest BCUT2D eigenvalue weighted by Gasteiger charge is 2.20. The Labute approximate surface area is 151 Å². The molecule has 2 heterocycles. The van der Waals surface area contributed by atoms with Crippen LogP contribution in [0, 0.1) is 0 Å². The molecule has 1 aliphatic rings. The lowest BCUT2D eigenvalue weighted by Gasteiger charge is -2.22. The van der Waals surface area contributed by atoms with Crippen LogP contribution in [0.1, 0.15) is 29.8 Å². The predicted octanol–water partition coefficient (Wildman–Crippen LogP) is 3.97. The molecule has 3 aromatic rings. The highest BCUT2D eigenvalue weighted by atomic mass is 32.1. The number of nitrogens with one attached hydrogen (secondary N) is 2. The van der Waals surface area contributed by atoms with Gasteiger partial charge >= 0.3 is 0 Å². The van der Waals surface area contributed by atoms with Crippen molar-refractivity contribution in [2.75, 3.05) is 11.9 Å². The molecular weight excluding hydrogens is 330 g/mol. The number of rotatable bonds is 4. The van der Waals surface area contributed by atoms with Crippen LogP contribution in [0.25, 0.3) is 10.2 Å².